The molecule has 2 heterocycles. The number of allylic oxidation sites excluding steroid dienone is 2. The lowest BCUT2D eigenvalue weighted by Crippen LogP contribution is -2.34. The summed E-state index contributed by atoms with van der Waals surface area (Å²) >= 11 is 0. The van der Waals surface area contributed by atoms with Crippen molar-refractivity contribution in [3.8, 4) is 0 Å². The summed E-state index contributed by atoms with van der Waals surface area (Å²) in [6.07, 6.45) is 2.41. The molecule has 0 saturated heterocycles. The molecule has 38 heavy (non-hydrogen) atoms. The molecule has 1 aliphatic rings. The average molecular weight is 530 g/mol. The third-order valence-electron chi connectivity index (χ3n) is 5.81. The number of esters is 2. The van der Waals surface area contributed by atoms with Crippen molar-refractivity contribution >= 4 is 17.8 Å². The first kappa shape index (κ1) is 27.8. The van der Waals surface area contributed by atoms with Gasteiger partial charge in [0.05, 0.1) is 23.7 Å². The molecule has 1 unspecified atom stereocenters. The summed E-state index contributed by atoms with van der Waals surface area (Å²) in [4.78, 5) is 55.9. The number of carbonyl (C=O) groups excluding carboxylic acids is 2. The molecule has 14 nitrogen and oxygen atoms in total. The Kier molecular flexibility index (Phi) is 9.13. The van der Waals surface area contributed by atoms with Gasteiger partial charge >= 0.3 is 17.8 Å². The second-order valence-electron chi connectivity index (χ2n) is 8.37. The first-order valence-corrected chi connectivity index (χ1v) is 11.6. The highest BCUT2D eigenvalue weighted by molar-refractivity contribution is 6.00. The summed E-state index contributed by atoms with van der Waals surface area (Å²) in [5.74, 6) is -3.51. The molecule has 1 aromatic carbocycles. The number of dihydropyridines is 1. The van der Waals surface area contributed by atoms with Crippen LogP contribution in [0.25, 0.3) is 0 Å². The highest BCUT2D eigenvalue weighted by Crippen LogP contribution is 2.42. The molecule has 0 amide bonds. The smallest absolute Gasteiger partial charge is 0.385 e. The van der Waals surface area contributed by atoms with Crippen molar-refractivity contribution in [2.75, 3.05) is 19.8 Å². The quantitative estimate of drug-likeness (QED) is 0.185. The van der Waals surface area contributed by atoms with E-state index in [1.807, 2.05) is 30.3 Å². The van der Waals surface area contributed by atoms with Gasteiger partial charge in [-0.2, -0.15) is 0 Å². The summed E-state index contributed by atoms with van der Waals surface area (Å²) in [6, 6.07) is 9.64. The van der Waals surface area contributed by atoms with Gasteiger partial charge in [-0.15, -0.1) is 10.1 Å². The first-order valence-electron chi connectivity index (χ1n) is 11.6. The van der Waals surface area contributed by atoms with Gasteiger partial charge in [0.15, 0.2) is 0 Å². The molecule has 1 N–H and O–H groups in total. The van der Waals surface area contributed by atoms with Gasteiger partial charge in [0.2, 0.25) is 6.33 Å². The van der Waals surface area contributed by atoms with Gasteiger partial charge in [-0.25, -0.2) is 9.59 Å². The van der Waals surface area contributed by atoms with Crippen molar-refractivity contribution in [3.63, 3.8) is 0 Å². The number of carbonyl (C=O) groups is 2. The number of benzene rings is 1. The van der Waals surface area contributed by atoms with Crippen molar-refractivity contribution in [2.45, 2.75) is 32.6 Å². The Bertz CT molecular complexity index is 1280. The number of ether oxygens (including phenoxy) is 2. The minimum absolute atomic E-state index is 0.0181. The van der Waals surface area contributed by atoms with E-state index in [1.54, 1.807) is 13.8 Å². The van der Waals surface area contributed by atoms with E-state index in [9.17, 15) is 29.8 Å². The summed E-state index contributed by atoms with van der Waals surface area (Å²) in [6.45, 7) is 2.24. The Morgan fingerprint density at radius 1 is 1.00 bits per heavy atom. The summed E-state index contributed by atoms with van der Waals surface area (Å²) in [5, 5.41) is 24.1. The molecule has 0 spiro atoms. The Labute approximate surface area is 217 Å². The third kappa shape index (κ3) is 6.52. The fourth-order valence-electron chi connectivity index (χ4n) is 4.20. The van der Waals surface area contributed by atoms with Crippen molar-refractivity contribution in [1.82, 2.24) is 14.9 Å². The molecule has 0 radical (unpaired) electrons. The van der Waals surface area contributed by atoms with Crippen LogP contribution in [0.1, 0.15) is 37.4 Å². The predicted octanol–water partition coefficient (Wildman–Crippen LogP) is 2.49. The Morgan fingerprint density at radius 3 is 2.18 bits per heavy atom. The van der Waals surface area contributed by atoms with Gasteiger partial charge in [0.25, 0.3) is 5.09 Å². The fourth-order valence-corrected chi connectivity index (χ4v) is 4.20. The van der Waals surface area contributed by atoms with Crippen LogP contribution < -0.4 is 5.32 Å². The van der Waals surface area contributed by atoms with Gasteiger partial charge in [-0.05, 0) is 42.2 Å². The number of nitrogens with one attached hydrogen (secondary N) is 1. The predicted molar refractivity (Wildman–Crippen MR) is 131 cm³/mol. The number of rotatable bonds is 12. The van der Waals surface area contributed by atoms with Crippen LogP contribution in [-0.4, -0.2) is 51.3 Å². The molecule has 2 aromatic rings. The maximum Gasteiger partial charge on any atom is 0.385 e. The fraction of sp³-hybridized carbons (Fsp3) is 0.375. The normalized spacial score (nSPS) is 15.1. The van der Waals surface area contributed by atoms with E-state index in [0.717, 1.165) is 5.56 Å². The van der Waals surface area contributed by atoms with Gasteiger partial charge in [0.1, 0.15) is 18.9 Å². The number of aryl methyl sites for hydroxylation is 2. The Morgan fingerprint density at radius 2 is 1.61 bits per heavy atom. The first-order chi connectivity index (χ1) is 18.1. The zero-order valence-corrected chi connectivity index (χ0v) is 21.0. The van der Waals surface area contributed by atoms with Gasteiger partial charge in [0, 0.05) is 18.4 Å². The van der Waals surface area contributed by atoms with Crippen molar-refractivity contribution in [3.05, 3.63) is 90.7 Å². The number of hydrogen-bond donors (Lipinski definition) is 1. The van der Waals surface area contributed by atoms with Crippen LogP contribution in [0.2, 0.25) is 0 Å². The Hall–Kier alpha value is -4.75. The monoisotopic (exact) mass is 529 g/mol. The highest BCUT2D eigenvalue weighted by Gasteiger charge is 2.43. The number of nitro groups is 1. The lowest BCUT2D eigenvalue weighted by atomic mass is 9.82. The molecule has 0 bridgehead atoms. The van der Waals surface area contributed by atoms with E-state index in [-0.39, 0.29) is 29.1 Å². The van der Waals surface area contributed by atoms with E-state index in [1.165, 1.54) is 17.9 Å². The van der Waals surface area contributed by atoms with Crippen LogP contribution in [0.3, 0.4) is 0 Å². The third-order valence-corrected chi connectivity index (χ3v) is 5.81. The molecule has 1 aromatic heterocycles. The Balaban J connectivity index is 1.90. The lowest BCUT2D eigenvalue weighted by Gasteiger charge is -2.29. The number of nitrogens with zero attached hydrogens (tertiary/aromatic N) is 4. The van der Waals surface area contributed by atoms with Crippen LogP contribution >= 0.6 is 0 Å². The second kappa shape index (κ2) is 12.5. The van der Waals surface area contributed by atoms with Crippen LogP contribution in [0, 0.1) is 20.2 Å². The maximum absolute atomic E-state index is 13.3. The van der Waals surface area contributed by atoms with E-state index in [0.29, 0.717) is 18.5 Å². The standard InChI is InChI=1S/C24H27N5O9/c1-15-18(23(30)36-11-7-10-17-8-5-4-6-9-17)20(21-22(28(32)33)25-14-27(21)3)19(16(2)26-15)24(31)37-12-13-38-29(34)35/h4-6,8-9,14,20,26H,7,10-13H2,1-3H3. The van der Waals surface area contributed by atoms with Crippen molar-refractivity contribution in [2.24, 2.45) is 7.05 Å². The number of hydrogen-bond acceptors (Lipinski definition) is 11. The zero-order valence-electron chi connectivity index (χ0n) is 21.0. The minimum atomic E-state index is -1.25. The summed E-state index contributed by atoms with van der Waals surface area (Å²) < 4.78 is 12.0. The van der Waals surface area contributed by atoms with Crippen molar-refractivity contribution < 1.29 is 33.9 Å². The van der Waals surface area contributed by atoms with Crippen LogP contribution in [0.4, 0.5) is 5.82 Å². The summed E-state index contributed by atoms with van der Waals surface area (Å²) in [5.41, 5.74) is 1.55. The topological polar surface area (TPSA) is 178 Å². The van der Waals surface area contributed by atoms with Gasteiger partial charge in [-0.3, -0.25) is 0 Å². The van der Waals surface area contributed by atoms with Crippen molar-refractivity contribution in [1.29, 1.82) is 0 Å². The van der Waals surface area contributed by atoms with Crippen LogP contribution in [0.5, 0.6) is 0 Å². The molecule has 202 valence electrons. The number of aromatic nitrogens is 2. The lowest BCUT2D eigenvalue weighted by molar-refractivity contribution is -0.757. The van der Waals surface area contributed by atoms with E-state index in [2.05, 4.69) is 15.1 Å². The van der Waals surface area contributed by atoms with E-state index in [4.69, 9.17) is 9.47 Å². The van der Waals surface area contributed by atoms with Crippen LogP contribution in [-0.2, 0) is 37.4 Å². The number of imidazole rings is 1. The van der Waals surface area contributed by atoms with Gasteiger partial charge < -0.3 is 34.3 Å². The molecule has 1 atom stereocenters. The van der Waals surface area contributed by atoms with Gasteiger partial charge in [-0.1, -0.05) is 30.3 Å². The molecule has 14 heteroatoms. The van der Waals surface area contributed by atoms with E-state index >= 15 is 0 Å². The van der Waals surface area contributed by atoms with E-state index < -0.39 is 46.9 Å². The molecule has 1 aliphatic heterocycles. The minimum Gasteiger partial charge on any atom is -0.462 e. The highest BCUT2D eigenvalue weighted by atomic mass is 17.0. The summed E-state index contributed by atoms with van der Waals surface area (Å²) in [7, 11) is 1.50. The molecule has 0 saturated carbocycles. The molecule has 0 fully saturated rings. The molecular weight excluding hydrogens is 502 g/mol. The average Bonchev–Trinajstić information content (AvgIpc) is 3.25. The second-order valence-corrected chi connectivity index (χ2v) is 8.37. The molecule has 3 rings (SSSR count). The zero-order chi connectivity index (χ0) is 27.8. The molecule has 0 aliphatic carbocycles. The van der Waals surface area contributed by atoms with Crippen LogP contribution in [0.15, 0.2) is 59.2 Å². The largest absolute Gasteiger partial charge is 0.462 e. The molecular formula is C24H27N5O9. The maximum atomic E-state index is 13.3. The SMILES string of the molecule is CC1=C(C(=O)OCCCc2ccccc2)C(c2c([N+](=O)[O-])ncn2C)C(C(=O)OCCO[N+](=O)[O-])=C(C)N1.